The van der Waals surface area contributed by atoms with Gasteiger partial charge in [-0.1, -0.05) is 63.4 Å². The summed E-state index contributed by atoms with van der Waals surface area (Å²) in [5.74, 6) is 0. The second-order valence-corrected chi connectivity index (χ2v) is 6.01. The fourth-order valence-corrected chi connectivity index (χ4v) is 4.06. The van der Waals surface area contributed by atoms with Crippen molar-refractivity contribution >= 4 is 31.9 Å². The van der Waals surface area contributed by atoms with Crippen LogP contribution in [-0.2, 0) is 12.6 Å². The molecule has 0 N–H and O–H groups in total. The van der Waals surface area contributed by atoms with E-state index in [4.69, 9.17) is 0 Å². The molecule has 0 nitrogen and oxygen atoms in total. The van der Waals surface area contributed by atoms with Gasteiger partial charge in [0.25, 0.3) is 0 Å². The minimum absolute atomic E-state index is 0.0288. The van der Waals surface area contributed by atoms with Crippen molar-refractivity contribution < 1.29 is 13.2 Å². The van der Waals surface area contributed by atoms with Gasteiger partial charge in [-0.05, 0) is 29.9 Å². The molecule has 19 heavy (non-hydrogen) atoms. The molecule has 0 unspecified atom stereocenters. The number of rotatable bonds is 6. The van der Waals surface area contributed by atoms with Crippen LogP contribution in [0.1, 0.15) is 30.9 Å². The Balaban J connectivity index is 2.97. The number of benzene rings is 1. The highest BCUT2D eigenvalue weighted by atomic mass is 79.9. The highest BCUT2D eigenvalue weighted by Crippen LogP contribution is 2.35. The first-order chi connectivity index (χ1) is 8.87. The highest BCUT2D eigenvalue weighted by Gasteiger charge is 2.32. The molecule has 0 fully saturated rings. The summed E-state index contributed by atoms with van der Waals surface area (Å²) in [5, 5.41) is 1.55. The summed E-state index contributed by atoms with van der Waals surface area (Å²) in [6.07, 6.45) is -1.65. The third-order valence-electron chi connectivity index (χ3n) is 3.18. The largest absolute Gasteiger partial charge is 0.416 e. The maximum atomic E-state index is 12.7. The smallest absolute Gasteiger partial charge is 0.166 e. The lowest BCUT2D eigenvalue weighted by atomic mass is 9.81. The quantitative estimate of drug-likeness (QED) is 0.526. The van der Waals surface area contributed by atoms with Crippen molar-refractivity contribution in [1.29, 1.82) is 0 Å². The van der Waals surface area contributed by atoms with Crippen LogP contribution in [0.2, 0.25) is 0 Å². The van der Waals surface area contributed by atoms with E-state index >= 15 is 0 Å². The molecule has 0 spiro atoms. The molecule has 0 bridgehead atoms. The van der Waals surface area contributed by atoms with Crippen LogP contribution in [0.3, 0.4) is 0 Å². The summed E-state index contributed by atoms with van der Waals surface area (Å²) in [6.45, 7) is 2.09. The van der Waals surface area contributed by atoms with Gasteiger partial charge in [-0.25, -0.2) is 0 Å². The lowest BCUT2D eigenvalue weighted by Crippen LogP contribution is -2.27. The molecule has 0 heterocycles. The standard InChI is InChI=1S/C14H17Br2F3/c1-2-6-13(9-15,10-16)8-11-4-3-5-12(7-11)14(17,18)19/h3-5,7H,2,6,8-10H2,1H3. The van der Waals surface area contributed by atoms with Gasteiger partial charge in [0, 0.05) is 10.7 Å². The van der Waals surface area contributed by atoms with Crippen LogP contribution >= 0.6 is 31.9 Å². The Kier molecular flexibility index (Phi) is 6.37. The minimum atomic E-state index is -4.27. The van der Waals surface area contributed by atoms with Crippen LogP contribution < -0.4 is 0 Å². The molecule has 0 aliphatic rings. The molecule has 1 aromatic carbocycles. The molecule has 108 valence electrons. The topological polar surface area (TPSA) is 0 Å². The first-order valence-corrected chi connectivity index (χ1v) is 8.39. The number of hydrogen-bond donors (Lipinski definition) is 0. The van der Waals surface area contributed by atoms with Gasteiger partial charge in [0.2, 0.25) is 0 Å². The van der Waals surface area contributed by atoms with Crippen LogP contribution in [0.5, 0.6) is 0 Å². The summed E-state index contributed by atoms with van der Waals surface area (Å²) in [7, 11) is 0. The van der Waals surface area contributed by atoms with Gasteiger partial charge < -0.3 is 0 Å². The van der Waals surface area contributed by atoms with E-state index in [1.807, 2.05) is 0 Å². The van der Waals surface area contributed by atoms with Crippen molar-refractivity contribution in [2.24, 2.45) is 5.41 Å². The summed E-state index contributed by atoms with van der Waals surface area (Å²) in [4.78, 5) is 0. The second kappa shape index (κ2) is 7.11. The summed E-state index contributed by atoms with van der Waals surface area (Å²) >= 11 is 7.00. The van der Waals surface area contributed by atoms with Gasteiger partial charge in [0.05, 0.1) is 5.56 Å². The zero-order chi connectivity index (χ0) is 14.5. The van der Waals surface area contributed by atoms with Gasteiger partial charge in [-0.3, -0.25) is 0 Å². The Labute approximate surface area is 129 Å². The SMILES string of the molecule is CCCC(CBr)(CBr)Cc1cccc(C(F)(F)F)c1. The average molecular weight is 402 g/mol. The lowest BCUT2D eigenvalue weighted by Gasteiger charge is -2.30. The van der Waals surface area contributed by atoms with Gasteiger partial charge in [0.15, 0.2) is 0 Å². The molecule has 1 rings (SSSR count). The van der Waals surface area contributed by atoms with E-state index in [2.05, 4.69) is 38.8 Å². The Hall–Kier alpha value is -0.0300. The van der Waals surface area contributed by atoms with Crippen molar-refractivity contribution in [1.82, 2.24) is 0 Å². The van der Waals surface area contributed by atoms with E-state index < -0.39 is 11.7 Å². The third kappa shape index (κ3) is 4.78. The number of halogens is 5. The Bertz CT molecular complexity index is 398. The van der Waals surface area contributed by atoms with Crippen molar-refractivity contribution in [3.05, 3.63) is 35.4 Å². The van der Waals surface area contributed by atoms with Crippen molar-refractivity contribution in [3.8, 4) is 0 Å². The van der Waals surface area contributed by atoms with E-state index in [1.54, 1.807) is 6.07 Å². The van der Waals surface area contributed by atoms with Crippen LogP contribution in [0.4, 0.5) is 13.2 Å². The Morgan fingerprint density at radius 3 is 2.21 bits per heavy atom. The number of hydrogen-bond acceptors (Lipinski definition) is 0. The number of alkyl halides is 5. The molecular weight excluding hydrogens is 385 g/mol. The summed E-state index contributed by atoms with van der Waals surface area (Å²) in [5.41, 5.74) is 0.139. The monoisotopic (exact) mass is 400 g/mol. The van der Waals surface area contributed by atoms with Crippen molar-refractivity contribution in [3.63, 3.8) is 0 Å². The molecule has 1 aromatic rings. The molecule has 0 amide bonds. The highest BCUT2D eigenvalue weighted by molar-refractivity contribution is 9.09. The molecule has 0 radical (unpaired) electrons. The molecule has 0 saturated heterocycles. The average Bonchev–Trinajstić information content (AvgIpc) is 2.37. The second-order valence-electron chi connectivity index (χ2n) is 4.89. The maximum Gasteiger partial charge on any atom is 0.416 e. The Morgan fingerprint density at radius 2 is 1.74 bits per heavy atom. The van der Waals surface area contributed by atoms with Crippen LogP contribution in [0.25, 0.3) is 0 Å². The summed E-state index contributed by atoms with van der Waals surface area (Å²) < 4.78 is 38.1. The zero-order valence-corrected chi connectivity index (χ0v) is 13.9. The fourth-order valence-electron chi connectivity index (χ4n) is 2.17. The van der Waals surface area contributed by atoms with Gasteiger partial charge >= 0.3 is 6.18 Å². The van der Waals surface area contributed by atoms with E-state index in [-0.39, 0.29) is 5.41 Å². The maximum absolute atomic E-state index is 12.7. The minimum Gasteiger partial charge on any atom is -0.166 e. The van der Waals surface area contributed by atoms with E-state index in [0.29, 0.717) is 6.42 Å². The van der Waals surface area contributed by atoms with Gasteiger partial charge in [0.1, 0.15) is 0 Å². The lowest BCUT2D eigenvalue weighted by molar-refractivity contribution is -0.137. The molecular formula is C14H17Br2F3. The molecule has 0 aliphatic heterocycles. The predicted octanol–water partition coefficient (Wildman–Crippen LogP) is 5.82. The van der Waals surface area contributed by atoms with Crippen LogP contribution in [-0.4, -0.2) is 10.7 Å². The first kappa shape index (κ1) is 17.0. The molecule has 0 atom stereocenters. The molecule has 0 aliphatic carbocycles. The molecule has 5 heteroatoms. The zero-order valence-electron chi connectivity index (χ0n) is 10.7. The normalized spacial score (nSPS) is 12.7. The molecule has 0 saturated carbocycles. The first-order valence-electron chi connectivity index (χ1n) is 6.15. The van der Waals surface area contributed by atoms with E-state index in [9.17, 15) is 13.2 Å². The fraction of sp³-hybridized carbons (Fsp3) is 0.571. The van der Waals surface area contributed by atoms with Crippen LogP contribution in [0.15, 0.2) is 24.3 Å². The van der Waals surface area contributed by atoms with E-state index in [1.165, 1.54) is 12.1 Å². The van der Waals surface area contributed by atoms with Gasteiger partial charge in [-0.2, -0.15) is 13.2 Å². The van der Waals surface area contributed by atoms with Crippen molar-refractivity contribution in [2.45, 2.75) is 32.4 Å². The predicted molar refractivity (Wildman–Crippen MR) is 80.1 cm³/mol. The molecule has 0 aromatic heterocycles. The van der Waals surface area contributed by atoms with Crippen molar-refractivity contribution in [2.75, 3.05) is 10.7 Å². The van der Waals surface area contributed by atoms with Crippen LogP contribution in [0, 0.1) is 5.41 Å². The van der Waals surface area contributed by atoms with Gasteiger partial charge in [-0.15, -0.1) is 0 Å². The van der Waals surface area contributed by atoms with E-state index in [0.717, 1.165) is 35.1 Å². The summed E-state index contributed by atoms with van der Waals surface area (Å²) in [6, 6.07) is 5.63. The third-order valence-corrected chi connectivity index (χ3v) is 5.56. The Morgan fingerprint density at radius 1 is 1.11 bits per heavy atom.